The second-order valence-corrected chi connectivity index (χ2v) is 8.00. The first-order valence-electron chi connectivity index (χ1n) is 10.2. The van der Waals surface area contributed by atoms with Gasteiger partial charge < -0.3 is 15.0 Å². The molecule has 4 rings (SSSR count). The number of carbonyl (C=O) groups excluding carboxylic acids is 1. The number of likely N-dealkylation sites (tertiary alicyclic amines) is 1. The Morgan fingerprint density at radius 1 is 1.19 bits per heavy atom. The van der Waals surface area contributed by atoms with Gasteiger partial charge in [-0.05, 0) is 49.1 Å². The van der Waals surface area contributed by atoms with Gasteiger partial charge in [0.15, 0.2) is 0 Å². The van der Waals surface area contributed by atoms with Crippen LogP contribution in [0.4, 0.5) is 13.2 Å². The number of rotatable bonds is 7. The number of carbonyl (C=O) groups is 1. The molecular formula is C23H24F3N3O2. The number of para-hydroxylation sites is 1. The van der Waals surface area contributed by atoms with Crippen molar-refractivity contribution in [1.82, 2.24) is 15.2 Å². The van der Waals surface area contributed by atoms with Crippen LogP contribution in [0.25, 0.3) is 10.9 Å². The van der Waals surface area contributed by atoms with Crippen molar-refractivity contribution in [3.05, 3.63) is 65.9 Å². The number of hydrogen-bond donors (Lipinski definition) is 2. The molecular weight excluding hydrogens is 407 g/mol. The van der Waals surface area contributed by atoms with Crippen LogP contribution in [0.2, 0.25) is 0 Å². The maximum atomic E-state index is 12.8. The Morgan fingerprint density at radius 3 is 2.61 bits per heavy atom. The Labute approximate surface area is 178 Å². The lowest BCUT2D eigenvalue weighted by Crippen LogP contribution is -2.65. The summed E-state index contributed by atoms with van der Waals surface area (Å²) in [7, 11) is 0. The average Bonchev–Trinajstić information content (AvgIpc) is 3.14. The van der Waals surface area contributed by atoms with Crippen molar-refractivity contribution in [3.8, 4) is 5.75 Å². The van der Waals surface area contributed by atoms with Gasteiger partial charge in [0.1, 0.15) is 5.75 Å². The number of nitrogens with zero attached hydrogens (tertiary/aromatic N) is 1. The average molecular weight is 431 g/mol. The molecule has 1 unspecified atom stereocenters. The van der Waals surface area contributed by atoms with Gasteiger partial charge >= 0.3 is 6.36 Å². The molecule has 0 spiro atoms. The highest BCUT2D eigenvalue weighted by Crippen LogP contribution is 2.33. The van der Waals surface area contributed by atoms with Gasteiger partial charge in [-0.25, -0.2) is 0 Å². The van der Waals surface area contributed by atoms with Crippen molar-refractivity contribution in [3.63, 3.8) is 0 Å². The summed E-state index contributed by atoms with van der Waals surface area (Å²) in [6.45, 7) is 3.68. The van der Waals surface area contributed by atoms with Gasteiger partial charge in [0.25, 0.3) is 0 Å². The summed E-state index contributed by atoms with van der Waals surface area (Å²) in [5, 5.41) is 4.20. The summed E-state index contributed by atoms with van der Waals surface area (Å²) < 4.78 is 40.8. The summed E-state index contributed by atoms with van der Waals surface area (Å²) in [5.74, 6) is -0.284. The zero-order valence-electron chi connectivity index (χ0n) is 17.1. The van der Waals surface area contributed by atoms with Crippen LogP contribution in [0.3, 0.4) is 0 Å². The molecule has 1 atom stereocenters. The fourth-order valence-corrected chi connectivity index (χ4v) is 3.97. The van der Waals surface area contributed by atoms with E-state index in [4.69, 9.17) is 0 Å². The third-order valence-corrected chi connectivity index (χ3v) is 5.94. The minimum atomic E-state index is -4.71. The van der Waals surface area contributed by atoms with Crippen molar-refractivity contribution >= 4 is 16.8 Å². The quantitative estimate of drug-likeness (QED) is 0.584. The maximum Gasteiger partial charge on any atom is 0.573 e. The van der Waals surface area contributed by atoms with Crippen molar-refractivity contribution in [1.29, 1.82) is 0 Å². The van der Waals surface area contributed by atoms with E-state index in [1.807, 2.05) is 36.2 Å². The van der Waals surface area contributed by atoms with Gasteiger partial charge in [0, 0.05) is 36.7 Å². The second kappa shape index (κ2) is 8.26. The number of nitrogens with one attached hydrogen (secondary N) is 2. The van der Waals surface area contributed by atoms with Gasteiger partial charge in [-0.15, -0.1) is 13.2 Å². The second-order valence-electron chi connectivity index (χ2n) is 8.00. The molecule has 31 heavy (non-hydrogen) atoms. The number of fused-ring (bicyclic) bond motifs is 1. The van der Waals surface area contributed by atoms with E-state index >= 15 is 0 Å². The maximum absolute atomic E-state index is 12.8. The van der Waals surface area contributed by atoms with E-state index in [1.165, 1.54) is 12.1 Å². The van der Waals surface area contributed by atoms with Crippen LogP contribution in [0.1, 0.15) is 24.5 Å². The summed E-state index contributed by atoms with van der Waals surface area (Å²) >= 11 is 0. The van der Waals surface area contributed by atoms with Crippen LogP contribution in [0.5, 0.6) is 5.75 Å². The van der Waals surface area contributed by atoms with E-state index in [0.717, 1.165) is 41.4 Å². The molecule has 2 heterocycles. The summed E-state index contributed by atoms with van der Waals surface area (Å²) in [6.07, 6.45) is -1.27. The largest absolute Gasteiger partial charge is 0.573 e. The molecule has 2 aromatic carbocycles. The van der Waals surface area contributed by atoms with E-state index in [1.54, 1.807) is 12.1 Å². The van der Waals surface area contributed by atoms with Crippen LogP contribution in [-0.2, 0) is 17.8 Å². The summed E-state index contributed by atoms with van der Waals surface area (Å²) in [6, 6.07) is 13.8. The standard InChI is InChI=1S/C23H24F3N3O2/c1-22(21(30)27-12-10-17-14-28-20-5-3-2-4-19(17)20)11-13-29(22)15-16-6-8-18(9-7-16)31-23(24,25)26/h2-9,14,28H,10-13,15H2,1H3,(H,27,30). The molecule has 0 bridgehead atoms. The fraction of sp³-hybridized carbons (Fsp3) is 0.348. The van der Waals surface area contributed by atoms with E-state index in [9.17, 15) is 18.0 Å². The smallest absolute Gasteiger partial charge is 0.406 e. The molecule has 1 aliphatic heterocycles. The zero-order valence-corrected chi connectivity index (χ0v) is 17.1. The molecule has 1 amide bonds. The summed E-state index contributed by atoms with van der Waals surface area (Å²) in [5.41, 5.74) is 2.44. The highest BCUT2D eigenvalue weighted by atomic mass is 19.4. The third kappa shape index (κ3) is 4.69. The van der Waals surface area contributed by atoms with Gasteiger partial charge in [-0.1, -0.05) is 30.3 Å². The molecule has 0 saturated carbocycles. The molecule has 3 aromatic rings. The zero-order chi connectivity index (χ0) is 22.1. The topological polar surface area (TPSA) is 57.4 Å². The molecule has 1 fully saturated rings. The first-order chi connectivity index (χ1) is 14.7. The lowest BCUT2D eigenvalue weighted by atomic mass is 9.85. The lowest BCUT2D eigenvalue weighted by molar-refractivity contribution is -0.274. The number of hydrogen-bond acceptors (Lipinski definition) is 3. The first kappa shape index (κ1) is 21.2. The van der Waals surface area contributed by atoms with Gasteiger partial charge in [-0.3, -0.25) is 9.69 Å². The molecule has 1 saturated heterocycles. The molecule has 8 heteroatoms. The van der Waals surface area contributed by atoms with Crippen molar-refractivity contribution in [2.45, 2.75) is 38.2 Å². The van der Waals surface area contributed by atoms with E-state index in [2.05, 4.69) is 21.1 Å². The van der Waals surface area contributed by atoms with Gasteiger partial charge in [0.05, 0.1) is 5.54 Å². The van der Waals surface area contributed by atoms with E-state index in [-0.39, 0.29) is 11.7 Å². The predicted molar refractivity (Wildman–Crippen MR) is 112 cm³/mol. The van der Waals surface area contributed by atoms with Gasteiger partial charge in [0.2, 0.25) is 5.91 Å². The number of H-pyrrole nitrogens is 1. The Kier molecular flexibility index (Phi) is 5.66. The molecule has 0 radical (unpaired) electrons. The Balaban J connectivity index is 1.31. The van der Waals surface area contributed by atoms with Crippen molar-refractivity contribution in [2.24, 2.45) is 0 Å². The monoisotopic (exact) mass is 431 g/mol. The van der Waals surface area contributed by atoms with Crippen LogP contribution in [0, 0.1) is 0 Å². The van der Waals surface area contributed by atoms with Crippen LogP contribution in [0.15, 0.2) is 54.7 Å². The van der Waals surface area contributed by atoms with E-state index in [0.29, 0.717) is 13.1 Å². The molecule has 164 valence electrons. The summed E-state index contributed by atoms with van der Waals surface area (Å²) in [4.78, 5) is 18.1. The normalized spacial score (nSPS) is 19.2. The minimum Gasteiger partial charge on any atom is -0.406 e. The number of amides is 1. The highest BCUT2D eigenvalue weighted by Gasteiger charge is 2.46. The number of alkyl halides is 3. The van der Waals surface area contributed by atoms with Gasteiger partial charge in [-0.2, -0.15) is 0 Å². The van der Waals surface area contributed by atoms with Crippen LogP contribution >= 0.6 is 0 Å². The van der Waals surface area contributed by atoms with Crippen LogP contribution < -0.4 is 10.1 Å². The van der Waals surface area contributed by atoms with Crippen LogP contribution in [-0.4, -0.2) is 40.8 Å². The molecule has 0 aliphatic carbocycles. The number of aromatic nitrogens is 1. The number of aromatic amines is 1. The molecule has 2 N–H and O–H groups in total. The molecule has 1 aliphatic rings. The number of ether oxygens (including phenoxy) is 1. The van der Waals surface area contributed by atoms with Crippen molar-refractivity contribution in [2.75, 3.05) is 13.1 Å². The van der Waals surface area contributed by atoms with Crippen molar-refractivity contribution < 1.29 is 22.7 Å². The minimum absolute atomic E-state index is 0.0318. The van der Waals surface area contributed by atoms with E-state index < -0.39 is 11.9 Å². The third-order valence-electron chi connectivity index (χ3n) is 5.94. The Hall–Kier alpha value is -3.00. The number of halogens is 3. The predicted octanol–water partition coefficient (Wildman–Crippen LogP) is 4.39. The molecule has 1 aromatic heterocycles. The number of benzene rings is 2. The fourth-order valence-electron chi connectivity index (χ4n) is 3.97. The SMILES string of the molecule is CC1(C(=O)NCCc2c[nH]c3ccccc23)CCN1Cc1ccc(OC(F)(F)F)cc1. The Bertz CT molecular complexity index is 1060. The Morgan fingerprint density at radius 2 is 1.94 bits per heavy atom. The molecule has 5 nitrogen and oxygen atoms in total. The highest BCUT2D eigenvalue weighted by molar-refractivity contribution is 5.87. The lowest BCUT2D eigenvalue weighted by Gasteiger charge is -2.49. The first-order valence-corrected chi connectivity index (χ1v) is 10.2.